The summed E-state index contributed by atoms with van der Waals surface area (Å²) in [7, 11) is 0. The second-order valence-corrected chi connectivity index (χ2v) is 5.76. The first kappa shape index (κ1) is 13.3. The molecule has 0 aromatic carbocycles. The standard InChI is InChI=1S/C16H21N3O/c1-12-6-3-4-9-18(12)11-14-10-16(20)19-13(2)7-5-8-15(19)17-14/h5,7-8,10,12H,3-4,6,9,11H2,1-2H3/t12-/m0/s1. The Morgan fingerprint density at radius 1 is 1.35 bits per heavy atom. The zero-order valence-corrected chi connectivity index (χ0v) is 12.2. The van der Waals surface area contributed by atoms with Gasteiger partial charge >= 0.3 is 0 Å². The maximum Gasteiger partial charge on any atom is 0.258 e. The van der Waals surface area contributed by atoms with E-state index in [9.17, 15) is 4.79 Å². The molecule has 20 heavy (non-hydrogen) atoms. The Morgan fingerprint density at radius 2 is 2.20 bits per heavy atom. The summed E-state index contributed by atoms with van der Waals surface area (Å²) in [5.41, 5.74) is 2.58. The highest BCUT2D eigenvalue weighted by Gasteiger charge is 2.19. The lowest BCUT2D eigenvalue weighted by Gasteiger charge is -2.32. The van der Waals surface area contributed by atoms with Gasteiger partial charge in [-0.3, -0.25) is 14.1 Å². The van der Waals surface area contributed by atoms with Gasteiger partial charge < -0.3 is 0 Å². The molecule has 0 spiro atoms. The van der Waals surface area contributed by atoms with Crippen molar-refractivity contribution in [2.75, 3.05) is 6.54 Å². The fraction of sp³-hybridized carbons (Fsp3) is 0.500. The lowest BCUT2D eigenvalue weighted by atomic mass is 10.0. The fourth-order valence-electron chi connectivity index (χ4n) is 3.05. The molecule has 1 saturated heterocycles. The van der Waals surface area contributed by atoms with Crippen molar-refractivity contribution >= 4 is 5.65 Å². The van der Waals surface area contributed by atoms with Gasteiger partial charge in [0.2, 0.25) is 0 Å². The van der Waals surface area contributed by atoms with Gasteiger partial charge in [-0.2, -0.15) is 0 Å². The molecule has 0 aliphatic carbocycles. The Hall–Kier alpha value is -1.68. The van der Waals surface area contributed by atoms with Gasteiger partial charge in [0.25, 0.3) is 5.56 Å². The van der Waals surface area contributed by atoms with E-state index in [1.165, 1.54) is 19.3 Å². The van der Waals surface area contributed by atoms with Gasteiger partial charge in [-0.15, -0.1) is 0 Å². The number of pyridine rings is 1. The molecule has 0 saturated carbocycles. The SMILES string of the molecule is Cc1cccc2nc(CN3CCCC[C@@H]3C)cc(=O)n12. The number of piperidine rings is 1. The first-order valence-corrected chi connectivity index (χ1v) is 7.37. The van der Waals surface area contributed by atoms with Crippen LogP contribution in [0.2, 0.25) is 0 Å². The number of aromatic nitrogens is 2. The van der Waals surface area contributed by atoms with Gasteiger partial charge in [0.1, 0.15) is 5.65 Å². The summed E-state index contributed by atoms with van der Waals surface area (Å²) < 4.78 is 1.67. The van der Waals surface area contributed by atoms with Crippen LogP contribution in [-0.4, -0.2) is 26.9 Å². The Morgan fingerprint density at radius 3 is 3.00 bits per heavy atom. The maximum absolute atomic E-state index is 12.2. The van der Waals surface area contributed by atoms with Gasteiger partial charge in [-0.1, -0.05) is 12.5 Å². The summed E-state index contributed by atoms with van der Waals surface area (Å²) in [6.45, 7) is 6.08. The summed E-state index contributed by atoms with van der Waals surface area (Å²) in [5.74, 6) is 0. The molecule has 3 rings (SSSR count). The quantitative estimate of drug-likeness (QED) is 0.841. The van der Waals surface area contributed by atoms with Gasteiger partial charge in [-0.05, 0) is 45.4 Å². The molecule has 0 radical (unpaired) electrons. The largest absolute Gasteiger partial charge is 0.295 e. The first-order chi connectivity index (χ1) is 9.65. The molecule has 1 aliphatic heterocycles. The minimum atomic E-state index is 0.0211. The topological polar surface area (TPSA) is 37.6 Å². The molecule has 1 fully saturated rings. The summed E-state index contributed by atoms with van der Waals surface area (Å²) in [5, 5.41) is 0. The van der Waals surface area contributed by atoms with Crippen molar-refractivity contribution < 1.29 is 0 Å². The van der Waals surface area contributed by atoms with Crippen LogP contribution in [0.15, 0.2) is 29.1 Å². The van der Waals surface area contributed by atoms with E-state index in [0.29, 0.717) is 6.04 Å². The van der Waals surface area contributed by atoms with Crippen molar-refractivity contribution in [3.8, 4) is 0 Å². The summed E-state index contributed by atoms with van der Waals surface area (Å²) in [4.78, 5) is 19.3. The van der Waals surface area contributed by atoms with Crippen LogP contribution in [0.3, 0.4) is 0 Å². The van der Waals surface area contributed by atoms with E-state index in [2.05, 4.69) is 16.8 Å². The Balaban J connectivity index is 1.95. The smallest absolute Gasteiger partial charge is 0.258 e. The van der Waals surface area contributed by atoms with Crippen molar-refractivity contribution in [3.63, 3.8) is 0 Å². The predicted octanol–water partition coefficient (Wildman–Crippen LogP) is 2.38. The third-order valence-electron chi connectivity index (χ3n) is 4.24. The van der Waals surface area contributed by atoms with Crippen molar-refractivity contribution in [1.29, 1.82) is 0 Å². The van der Waals surface area contributed by atoms with Gasteiger partial charge in [0.15, 0.2) is 0 Å². The van der Waals surface area contributed by atoms with E-state index in [0.717, 1.165) is 30.1 Å². The molecule has 1 aliphatic rings. The van der Waals surface area contributed by atoms with Crippen LogP contribution < -0.4 is 5.56 Å². The van der Waals surface area contributed by atoms with E-state index < -0.39 is 0 Å². The first-order valence-electron chi connectivity index (χ1n) is 7.37. The molecule has 0 unspecified atom stereocenters. The van der Waals surface area contributed by atoms with Crippen LogP contribution in [0.1, 0.15) is 37.6 Å². The second-order valence-electron chi connectivity index (χ2n) is 5.76. The van der Waals surface area contributed by atoms with Crippen LogP contribution in [-0.2, 0) is 6.54 Å². The zero-order valence-electron chi connectivity index (χ0n) is 12.2. The Kier molecular flexibility index (Phi) is 3.57. The van der Waals surface area contributed by atoms with Crippen LogP contribution in [0.25, 0.3) is 5.65 Å². The minimum Gasteiger partial charge on any atom is -0.295 e. The molecular weight excluding hydrogens is 250 g/mol. The number of likely N-dealkylation sites (tertiary alicyclic amines) is 1. The average molecular weight is 271 g/mol. The van der Waals surface area contributed by atoms with Crippen LogP contribution in [0, 0.1) is 6.92 Å². The number of hydrogen-bond acceptors (Lipinski definition) is 3. The third-order valence-corrected chi connectivity index (χ3v) is 4.24. The van der Waals surface area contributed by atoms with E-state index in [-0.39, 0.29) is 5.56 Å². The van der Waals surface area contributed by atoms with Crippen molar-refractivity contribution in [1.82, 2.24) is 14.3 Å². The van der Waals surface area contributed by atoms with Gasteiger partial charge in [-0.25, -0.2) is 4.98 Å². The number of fused-ring (bicyclic) bond motifs is 1. The molecule has 1 atom stereocenters. The molecule has 2 aromatic rings. The average Bonchev–Trinajstić information content (AvgIpc) is 2.41. The van der Waals surface area contributed by atoms with Gasteiger partial charge in [0, 0.05) is 24.3 Å². The van der Waals surface area contributed by atoms with Crippen LogP contribution >= 0.6 is 0 Å². The van der Waals surface area contributed by atoms with Crippen molar-refractivity contribution in [2.45, 2.75) is 45.7 Å². The lowest BCUT2D eigenvalue weighted by Crippen LogP contribution is -2.37. The molecular formula is C16H21N3O. The molecule has 0 bridgehead atoms. The number of nitrogens with zero attached hydrogens (tertiary/aromatic N) is 3. The normalized spacial score (nSPS) is 20.4. The number of hydrogen-bond donors (Lipinski definition) is 0. The maximum atomic E-state index is 12.2. The summed E-state index contributed by atoms with van der Waals surface area (Å²) in [6, 6.07) is 8.05. The van der Waals surface area contributed by atoms with Crippen LogP contribution in [0.4, 0.5) is 0 Å². The van der Waals surface area contributed by atoms with E-state index in [1.807, 2.05) is 25.1 Å². The van der Waals surface area contributed by atoms with Gasteiger partial charge in [0.05, 0.1) is 5.69 Å². The number of aryl methyl sites for hydroxylation is 1. The lowest BCUT2D eigenvalue weighted by molar-refractivity contribution is 0.151. The second kappa shape index (κ2) is 5.37. The molecule has 2 aromatic heterocycles. The van der Waals surface area contributed by atoms with Crippen LogP contribution in [0.5, 0.6) is 0 Å². The van der Waals surface area contributed by atoms with Crippen molar-refractivity contribution in [3.05, 3.63) is 46.0 Å². The van der Waals surface area contributed by atoms with E-state index in [1.54, 1.807) is 10.5 Å². The summed E-state index contributed by atoms with van der Waals surface area (Å²) >= 11 is 0. The minimum absolute atomic E-state index is 0.0211. The molecule has 106 valence electrons. The predicted molar refractivity (Wildman–Crippen MR) is 79.9 cm³/mol. The summed E-state index contributed by atoms with van der Waals surface area (Å²) in [6.07, 6.45) is 3.80. The molecule has 4 nitrogen and oxygen atoms in total. The monoisotopic (exact) mass is 271 g/mol. The van der Waals surface area contributed by atoms with E-state index in [4.69, 9.17) is 0 Å². The highest BCUT2D eigenvalue weighted by atomic mass is 16.1. The molecule has 4 heteroatoms. The van der Waals surface area contributed by atoms with E-state index >= 15 is 0 Å². The third kappa shape index (κ3) is 2.48. The van der Waals surface area contributed by atoms with Crippen molar-refractivity contribution in [2.24, 2.45) is 0 Å². The highest BCUT2D eigenvalue weighted by Crippen LogP contribution is 2.18. The molecule has 3 heterocycles. The number of rotatable bonds is 2. The molecule has 0 amide bonds. The highest BCUT2D eigenvalue weighted by molar-refractivity contribution is 5.40. The Bertz CT molecular complexity index is 677. The Labute approximate surface area is 119 Å². The fourth-order valence-corrected chi connectivity index (χ4v) is 3.05. The zero-order chi connectivity index (χ0) is 14.1. The molecule has 0 N–H and O–H groups in total.